The van der Waals surface area contributed by atoms with Gasteiger partial charge in [-0.1, -0.05) is 43.5 Å². The number of hydrogen-bond acceptors (Lipinski definition) is 0. The molecule has 0 nitrogen and oxygen atoms in total. The van der Waals surface area contributed by atoms with Crippen molar-refractivity contribution in [1.29, 1.82) is 0 Å². The Bertz CT molecular complexity index is 271. The molecular weight excluding hydrogens is 291 g/mol. The molecule has 0 aliphatic rings. The fourth-order valence-electron chi connectivity index (χ4n) is 0.859. The van der Waals surface area contributed by atoms with Gasteiger partial charge in [-0.05, 0) is 30.2 Å². The molecule has 0 fully saturated rings. The average molecular weight is 298 g/mol. The van der Waals surface area contributed by atoms with Gasteiger partial charge in [0.25, 0.3) is 0 Å². The Morgan fingerprint density at radius 3 is 2.55 bits per heavy atom. The van der Waals surface area contributed by atoms with Gasteiger partial charge in [0.15, 0.2) is 0 Å². The van der Waals surface area contributed by atoms with Crippen LogP contribution in [-0.4, -0.2) is 0 Å². The predicted molar refractivity (Wildman–Crippen MR) is 56.5 cm³/mol. The van der Waals surface area contributed by atoms with E-state index in [1.807, 2.05) is 19.1 Å². The monoisotopic (exact) mass is 296 g/mol. The minimum atomic E-state index is 0.822. The molecule has 1 aromatic rings. The summed E-state index contributed by atoms with van der Waals surface area (Å²) in [6, 6.07) is 3.86. The van der Waals surface area contributed by atoms with E-state index in [4.69, 9.17) is 11.6 Å². The zero-order chi connectivity index (χ0) is 8.43. The topological polar surface area (TPSA) is 0 Å². The molecule has 0 saturated heterocycles. The van der Waals surface area contributed by atoms with E-state index in [-0.39, 0.29) is 0 Å². The molecule has 0 unspecified atom stereocenters. The maximum Gasteiger partial charge on any atom is 0.0439 e. The van der Waals surface area contributed by atoms with Crippen molar-refractivity contribution in [3.8, 4) is 0 Å². The molecule has 0 N–H and O–H groups in total. The highest BCUT2D eigenvalue weighted by molar-refractivity contribution is 9.10. The fourth-order valence-corrected chi connectivity index (χ4v) is 2.70. The lowest BCUT2D eigenvalue weighted by atomic mass is 10.1. The van der Waals surface area contributed by atoms with Gasteiger partial charge in [-0.2, -0.15) is 0 Å². The van der Waals surface area contributed by atoms with Gasteiger partial charge >= 0.3 is 0 Å². The van der Waals surface area contributed by atoms with E-state index in [1.165, 1.54) is 5.56 Å². The van der Waals surface area contributed by atoms with Crippen LogP contribution in [0.2, 0.25) is 5.02 Å². The number of rotatable bonds is 1. The molecular formula is C8H7Br2Cl. The van der Waals surface area contributed by atoms with E-state index < -0.39 is 0 Å². The van der Waals surface area contributed by atoms with Gasteiger partial charge in [0.05, 0.1) is 0 Å². The Labute approximate surface area is 88.2 Å². The van der Waals surface area contributed by atoms with Crippen molar-refractivity contribution in [1.82, 2.24) is 0 Å². The minimum absolute atomic E-state index is 0.822. The average Bonchev–Trinajstić information content (AvgIpc) is 1.99. The zero-order valence-corrected chi connectivity index (χ0v) is 9.92. The third-order valence-corrected chi connectivity index (χ3v) is 3.32. The lowest BCUT2D eigenvalue weighted by molar-refractivity contribution is 1.30. The normalized spacial score (nSPS) is 10.2. The van der Waals surface area contributed by atoms with Crippen LogP contribution in [-0.2, 0) is 5.33 Å². The second-order valence-corrected chi connectivity index (χ2v) is 4.09. The van der Waals surface area contributed by atoms with Crippen molar-refractivity contribution in [2.45, 2.75) is 12.3 Å². The molecule has 1 aromatic carbocycles. The van der Waals surface area contributed by atoms with Crippen LogP contribution in [0.3, 0.4) is 0 Å². The van der Waals surface area contributed by atoms with Crippen LogP contribution in [0, 0.1) is 6.92 Å². The molecule has 0 atom stereocenters. The van der Waals surface area contributed by atoms with Crippen LogP contribution in [0.1, 0.15) is 11.1 Å². The van der Waals surface area contributed by atoms with Crippen molar-refractivity contribution >= 4 is 43.5 Å². The summed E-state index contributed by atoms with van der Waals surface area (Å²) >= 11 is 12.8. The lowest BCUT2D eigenvalue weighted by Gasteiger charge is -2.05. The van der Waals surface area contributed by atoms with Gasteiger partial charge in [-0.3, -0.25) is 0 Å². The van der Waals surface area contributed by atoms with Crippen LogP contribution in [0.5, 0.6) is 0 Å². The van der Waals surface area contributed by atoms with E-state index in [0.29, 0.717) is 0 Å². The summed E-state index contributed by atoms with van der Waals surface area (Å²) in [4.78, 5) is 0. The van der Waals surface area contributed by atoms with Gasteiger partial charge in [0.2, 0.25) is 0 Å². The van der Waals surface area contributed by atoms with Crippen LogP contribution in [0.4, 0.5) is 0 Å². The van der Waals surface area contributed by atoms with E-state index in [0.717, 1.165) is 20.4 Å². The Balaban J connectivity index is 3.29. The quantitative estimate of drug-likeness (QED) is 0.678. The van der Waals surface area contributed by atoms with Crippen molar-refractivity contribution in [2.75, 3.05) is 0 Å². The second-order valence-electron chi connectivity index (χ2n) is 2.27. The molecule has 60 valence electrons. The van der Waals surface area contributed by atoms with Crippen molar-refractivity contribution in [3.63, 3.8) is 0 Å². The Kier molecular flexibility index (Phi) is 3.41. The first-order valence-electron chi connectivity index (χ1n) is 3.16. The van der Waals surface area contributed by atoms with E-state index >= 15 is 0 Å². The maximum atomic E-state index is 5.92. The minimum Gasteiger partial charge on any atom is -0.0876 e. The number of alkyl halides is 1. The van der Waals surface area contributed by atoms with Crippen molar-refractivity contribution < 1.29 is 0 Å². The predicted octanol–water partition coefficient (Wildman–Crippen LogP) is 4.31. The molecule has 0 aromatic heterocycles. The van der Waals surface area contributed by atoms with Gasteiger partial charge in [-0.25, -0.2) is 0 Å². The highest BCUT2D eigenvalue weighted by Gasteiger charge is 2.04. The molecule has 0 aliphatic carbocycles. The molecule has 0 saturated carbocycles. The molecule has 0 bridgehead atoms. The molecule has 1 rings (SSSR count). The number of halogens is 3. The SMILES string of the molecule is Cc1c(Cl)ccc(Br)c1CBr. The first-order chi connectivity index (χ1) is 5.16. The highest BCUT2D eigenvalue weighted by Crippen LogP contribution is 2.27. The zero-order valence-electron chi connectivity index (χ0n) is 6.00. The first-order valence-corrected chi connectivity index (χ1v) is 5.45. The molecule has 0 heterocycles. The van der Waals surface area contributed by atoms with Crippen molar-refractivity contribution in [3.05, 3.63) is 32.8 Å². The summed E-state index contributed by atoms with van der Waals surface area (Å²) in [6.07, 6.45) is 0. The molecule has 0 radical (unpaired) electrons. The van der Waals surface area contributed by atoms with Crippen LogP contribution in [0.15, 0.2) is 16.6 Å². The smallest absolute Gasteiger partial charge is 0.0439 e. The number of hydrogen-bond donors (Lipinski definition) is 0. The molecule has 0 spiro atoms. The van der Waals surface area contributed by atoms with Crippen LogP contribution in [0.25, 0.3) is 0 Å². The summed E-state index contributed by atoms with van der Waals surface area (Å²) in [5.74, 6) is 0. The van der Waals surface area contributed by atoms with Gasteiger partial charge in [0, 0.05) is 14.8 Å². The molecule has 11 heavy (non-hydrogen) atoms. The standard InChI is InChI=1S/C8H7Br2Cl/c1-5-6(4-9)7(10)2-3-8(5)11/h2-3H,4H2,1H3. The maximum absolute atomic E-state index is 5.92. The number of benzene rings is 1. The van der Waals surface area contributed by atoms with Gasteiger partial charge in [0.1, 0.15) is 0 Å². The highest BCUT2D eigenvalue weighted by atomic mass is 79.9. The first kappa shape index (κ1) is 9.56. The summed E-state index contributed by atoms with van der Waals surface area (Å²) in [6.45, 7) is 2.02. The Hall–Kier alpha value is 0.470. The molecule has 0 amide bonds. The van der Waals surface area contributed by atoms with Crippen LogP contribution < -0.4 is 0 Å². The van der Waals surface area contributed by atoms with Crippen molar-refractivity contribution in [2.24, 2.45) is 0 Å². The second kappa shape index (κ2) is 3.92. The molecule has 0 aliphatic heterocycles. The summed E-state index contributed by atoms with van der Waals surface area (Å²) in [5, 5.41) is 1.66. The van der Waals surface area contributed by atoms with Gasteiger partial charge < -0.3 is 0 Å². The Morgan fingerprint density at radius 1 is 1.45 bits per heavy atom. The largest absolute Gasteiger partial charge is 0.0876 e. The van der Waals surface area contributed by atoms with E-state index in [1.54, 1.807) is 0 Å². The third-order valence-electron chi connectivity index (χ3n) is 1.61. The third kappa shape index (κ3) is 1.98. The summed E-state index contributed by atoms with van der Waals surface area (Å²) in [7, 11) is 0. The Morgan fingerprint density at radius 2 is 2.09 bits per heavy atom. The summed E-state index contributed by atoms with van der Waals surface area (Å²) in [5.41, 5.74) is 2.36. The van der Waals surface area contributed by atoms with Crippen LogP contribution >= 0.6 is 43.5 Å². The summed E-state index contributed by atoms with van der Waals surface area (Å²) < 4.78 is 1.11. The van der Waals surface area contributed by atoms with Gasteiger partial charge in [-0.15, -0.1) is 0 Å². The fraction of sp³-hybridized carbons (Fsp3) is 0.250. The lowest BCUT2D eigenvalue weighted by Crippen LogP contribution is -1.86. The molecule has 3 heteroatoms. The van der Waals surface area contributed by atoms with E-state index in [9.17, 15) is 0 Å². The van der Waals surface area contributed by atoms with E-state index in [2.05, 4.69) is 31.9 Å².